The van der Waals surface area contributed by atoms with Gasteiger partial charge in [0.05, 0.1) is 17.3 Å². The van der Waals surface area contributed by atoms with E-state index < -0.39 is 0 Å². The molecule has 0 aliphatic rings. The van der Waals surface area contributed by atoms with E-state index in [1.165, 1.54) is 0 Å². The molecule has 0 atom stereocenters. The van der Waals surface area contributed by atoms with Gasteiger partial charge in [-0.25, -0.2) is 0 Å². The maximum atomic E-state index is 13.3. The number of benzene rings is 2. The summed E-state index contributed by atoms with van der Waals surface area (Å²) in [5.41, 5.74) is 4.54. The molecule has 0 aliphatic carbocycles. The zero-order valence-corrected chi connectivity index (χ0v) is 18.1. The average molecular weight is 401 g/mol. The Morgan fingerprint density at radius 2 is 1.70 bits per heavy atom. The van der Waals surface area contributed by atoms with Crippen molar-refractivity contribution in [1.29, 1.82) is 0 Å². The van der Waals surface area contributed by atoms with E-state index in [2.05, 4.69) is 16.5 Å². The van der Waals surface area contributed by atoms with E-state index in [4.69, 9.17) is 4.74 Å². The van der Waals surface area contributed by atoms with E-state index in [-0.39, 0.29) is 5.78 Å². The molecule has 2 aromatic heterocycles. The van der Waals surface area contributed by atoms with Crippen LogP contribution in [0.1, 0.15) is 48.0 Å². The first-order chi connectivity index (χ1) is 14.7. The Kier molecular flexibility index (Phi) is 7.02. The molecule has 0 radical (unpaired) electrons. The standard InChI is InChI=1S/C24H22N2O2.C2H6/c1-3-21-23(20-13-14-25-15-22(20)26(21)2)24(27)18-9-11-19(12-10-18)28-16-17-7-5-4-6-8-17;1-2/h4-15H,3,16H2,1-2H3;1-2H3. The summed E-state index contributed by atoms with van der Waals surface area (Å²) in [4.78, 5) is 17.5. The summed E-state index contributed by atoms with van der Waals surface area (Å²) in [7, 11) is 1.99. The van der Waals surface area contributed by atoms with Crippen LogP contribution in [0.3, 0.4) is 0 Å². The topological polar surface area (TPSA) is 44.1 Å². The average Bonchev–Trinajstić information content (AvgIpc) is 3.11. The van der Waals surface area contributed by atoms with Crippen molar-refractivity contribution in [2.24, 2.45) is 7.05 Å². The van der Waals surface area contributed by atoms with Crippen molar-refractivity contribution in [3.05, 3.63) is 95.4 Å². The third kappa shape index (κ3) is 4.28. The normalized spacial score (nSPS) is 10.4. The van der Waals surface area contributed by atoms with Crippen molar-refractivity contribution in [1.82, 2.24) is 9.55 Å². The first kappa shape index (κ1) is 21.3. The Labute approximate surface area is 178 Å². The zero-order valence-electron chi connectivity index (χ0n) is 18.1. The van der Waals surface area contributed by atoms with Crippen molar-refractivity contribution >= 4 is 16.7 Å². The predicted octanol–water partition coefficient (Wildman–Crippen LogP) is 5.97. The molecule has 4 nitrogen and oxygen atoms in total. The zero-order chi connectivity index (χ0) is 21.5. The quantitative estimate of drug-likeness (QED) is 0.374. The second-order valence-electron chi connectivity index (χ2n) is 6.75. The third-order valence-corrected chi connectivity index (χ3v) is 5.05. The first-order valence-electron chi connectivity index (χ1n) is 10.4. The smallest absolute Gasteiger partial charge is 0.195 e. The summed E-state index contributed by atoms with van der Waals surface area (Å²) >= 11 is 0. The van der Waals surface area contributed by atoms with Crippen molar-refractivity contribution in [3.63, 3.8) is 0 Å². The lowest BCUT2D eigenvalue weighted by Gasteiger charge is -2.08. The van der Waals surface area contributed by atoms with E-state index in [9.17, 15) is 4.79 Å². The number of rotatable bonds is 6. The highest BCUT2D eigenvalue weighted by atomic mass is 16.5. The molecule has 0 amide bonds. The number of hydrogen-bond donors (Lipinski definition) is 0. The number of carbonyl (C=O) groups is 1. The number of hydrogen-bond acceptors (Lipinski definition) is 3. The second-order valence-corrected chi connectivity index (χ2v) is 6.75. The van der Waals surface area contributed by atoms with Gasteiger partial charge in [-0.1, -0.05) is 51.1 Å². The highest BCUT2D eigenvalue weighted by Crippen LogP contribution is 2.28. The summed E-state index contributed by atoms with van der Waals surface area (Å²) in [5, 5.41) is 0.948. The summed E-state index contributed by atoms with van der Waals surface area (Å²) < 4.78 is 7.89. The molecule has 4 rings (SSSR count). The molecule has 0 N–H and O–H groups in total. The summed E-state index contributed by atoms with van der Waals surface area (Å²) in [6, 6.07) is 19.3. The van der Waals surface area contributed by atoms with Crippen LogP contribution in [0.5, 0.6) is 5.75 Å². The minimum atomic E-state index is 0.0308. The Morgan fingerprint density at radius 3 is 2.37 bits per heavy atom. The Balaban J connectivity index is 0.00000124. The van der Waals surface area contributed by atoms with Gasteiger partial charge in [-0.3, -0.25) is 9.78 Å². The number of aromatic nitrogens is 2. The third-order valence-electron chi connectivity index (χ3n) is 5.05. The van der Waals surface area contributed by atoms with Crippen molar-refractivity contribution in [3.8, 4) is 5.75 Å². The predicted molar refractivity (Wildman–Crippen MR) is 122 cm³/mol. The maximum Gasteiger partial charge on any atom is 0.195 e. The van der Waals surface area contributed by atoms with Gasteiger partial charge in [-0.15, -0.1) is 0 Å². The van der Waals surface area contributed by atoms with Gasteiger partial charge in [0.2, 0.25) is 0 Å². The van der Waals surface area contributed by atoms with Crippen LogP contribution in [-0.4, -0.2) is 15.3 Å². The number of carbonyl (C=O) groups excluding carboxylic acids is 1. The van der Waals surface area contributed by atoms with Gasteiger partial charge in [0.15, 0.2) is 5.78 Å². The van der Waals surface area contributed by atoms with E-state index in [1.54, 1.807) is 6.20 Å². The van der Waals surface area contributed by atoms with Gasteiger partial charge in [0.1, 0.15) is 12.4 Å². The summed E-state index contributed by atoms with van der Waals surface area (Å²) in [5.74, 6) is 0.779. The monoisotopic (exact) mass is 400 g/mol. The van der Waals surface area contributed by atoms with Crippen LogP contribution in [-0.2, 0) is 20.1 Å². The molecule has 0 aliphatic heterocycles. The van der Waals surface area contributed by atoms with E-state index in [1.807, 2.05) is 87.8 Å². The first-order valence-corrected chi connectivity index (χ1v) is 10.4. The van der Waals surface area contributed by atoms with E-state index >= 15 is 0 Å². The van der Waals surface area contributed by atoms with Crippen LogP contribution in [0.15, 0.2) is 73.1 Å². The van der Waals surface area contributed by atoms with Crippen LogP contribution < -0.4 is 4.74 Å². The lowest BCUT2D eigenvalue weighted by molar-refractivity contribution is 0.103. The number of pyridine rings is 1. The largest absolute Gasteiger partial charge is 0.489 e. The molecule has 0 saturated carbocycles. The summed E-state index contributed by atoms with van der Waals surface area (Å²) in [6.07, 6.45) is 4.33. The molecular weight excluding hydrogens is 372 g/mol. The molecule has 4 aromatic rings. The fourth-order valence-electron chi connectivity index (χ4n) is 3.59. The lowest BCUT2D eigenvalue weighted by atomic mass is 9.99. The SMILES string of the molecule is CC.CCc1c(C(=O)c2ccc(OCc3ccccc3)cc2)c2ccncc2n1C. The molecule has 0 unspecified atom stereocenters. The molecule has 30 heavy (non-hydrogen) atoms. The molecule has 2 heterocycles. The highest BCUT2D eigenvalue weighted by Gasteiger charge is 2.21. The fourth-order valence-corrected chi connectivity index (χ4v) is 3.59. The molecule has 0 fully saturated rings. The second kappa shape index (κ2) is 9.88. The lowest BCUT2D eigenvalue weighted by Crippen LogP contribution is -2.06. The summed E-state index contributed by atoms with van der Waals surface area (Å²) in [6.45, 7) is 6.57. The molecule has 154 valence electrons. The van der Waals surface area contributed by atoms with Gasteiger partial charge >= 0.3 is 0 Å². The molecule has 0 bridgehead atoms. The van der Waals surface area contributed by atoms with Crippen molar-refractivity contribution in [2.45, 2.75) is 33.8 Å². The number of ketones is 1. The highest BCUT2D eigenvalue weighted by molar-refractivity contribution is 6.17. The Bertz CT molecular complexity index is 1110. The Morgan fingerprint density at radius 1 is 1.00 bits per heavy atom. The van der Waals surface area contributed by atoms with Crippen LogP contribution in [0.2, 0.25) is 0 Å². The van der Waals surface area contributed by atoms with Gasteiger partial charge < -0.3 is 9.30 Å². The van der Waals surface area contributed by atoms with Crippen molar-refractivity contribution in [2.75, 3.05) is 0 Å². The van der Waals surface area contributed by atoms with Gasteiger partial charge in [-0.2, -0.15) is 0 Å². The molecule has 2 aromatic carbocycles. The number of aryl methyl sites for hydroxylation is 1. The van der Waals surface area contributed by atoms with Crippen LogP contribution in [0.4, 0.5) is 0 Å². The number of nitrogens with zero attached hydrogens (tertiary/aromatic N) is 2. The minimum Gasteiger partial charge on any atom is -0.489 e. The van der Waals surface area contributed by atoms with Crippen LogP contribution in [0, 0.1) is 0 Å². The van der Waals surface area contributed by atoms with Gasteiger partial charge in [0.25, 0.3) is 0 Å². The van der Waals surface area contributed by atoms with Gasteiger partial charge in [-0.05, 0) is 42.3 Å². The van der Waals surface area contributed by atoms with Gasteiger partial charge in [0, 0.05) is 29.9 Å². The fraction of sp³-hybridized carbons (Fsp3) is 0.231. The molecule has 0 saturated heterocycles. The Hall–Kier alpha value is -3.40. The van der Waals surface area contributed by atoms with Crippen molar-refractivity contribution < 1.29 is 9.53 Å². The minimum absolute atomic E-state index is 0.0308. The maximum absolute atomic E-state index is 13.3. The van der Waals surface area contributed by atoms with Crippen LogP contribution >= 0.6 is 0 Å². The molecule has 0 spiro atoms. The van der Waals surface area contributed by atoms with E-state index in [0.29, 0.717) is 12.2 Å². The van der Waals surface area contributed by atoms with E-state index in [0.717, 1.165) is 39.9 Å². The van der Waals surface area contributed by atoms with Crippen LogP contribution in [0.25, 0.3) is 10.9 Å². The number of ether oxygens (including phenoxy) is 1. The molecular formula is C26H28N2O2. The molecule has 4 heteroatoms. The number of fused-ring (bicyclic) bond motifs is 1.